The zero-order valence-electron chi connectivity index (χ0n) is 16.2. The molecule has 6 nitrogen and oxygen atoms in total. The molecule has 0 atom stereocenters. The van der Waals surface area contributed by atoms with Gasteiger partial charge in [-0.1, -0.05) is 63.3 Å². The predicted molar refractivity (Wildman–Crippen MR) is 110 cm³/mol. The molecule has 2 aromatic rings. The fraction of sp³-hybridized carbons (Fsp3) is 0.364. The van der Waals surface area contributed by atoms with E-state index in [-0.39, 0.29) is 17.3 Å². The third-order valence-corrected chi connectivity index (χ3v) is 4.29. The van der Waals surface area contributed by atoms with E-state index in [2.05, 4.69) is 17.6 Å². The first-order chi connectivity index (χ1) is 13.6. The number of amides is 2. The Balaban J connectivity index is 1.90. The predicted octanol–water partition coefficient (Wildman–Crippen LogP) is 5.66. The van der Waals surface area contributed by atoms with Gasteiger partial charge in [0, 0.05) is 6.54 Å². The van der Waals surface area contributed by atoms with Gasteiger partial charge in [-0.25, -0.2) is 9.59 Å². The normalized spacial score (nSPS) is 10.3. The van der Waals surface area contributed by atoms with Crippen molar-refractivity contribution < 1.29 is 19.4 Å². The molecule has 0 bridgehead atoms. The number of unbranched alkanes of at least 4 members (excludes halogenated alkanes) is 5. The standard InChI is InChI=1S/C22H28N2O4/c1-2-3-4-5-6-11-16-23-22(27)24-18-13-8-10-15-20(18)28-19-14-9-7-12-17(19)21(25)26/h7-10,12-15H,2-6,11,16H2,1H3,(H,25,26)(H2,23,24,27). The van der Waals surface area contributed by atoms with Crippen LogP contribution in [0.3, 0.4) is 0 Å². The topological polar surface area (TPSA) is 87.7 Å². The Bertz CT molecular complexity index is 777. The third kappa shape index (κ3) is 6.95. The lowest BCUT2D eigenvalue weighted by molar-refractivity contribution is 0.0694. The number of nitrogens with one attached hydrogen (secondary N) is 2. The molecule has 2 amide bonds. The van der Waals surface area contributed by atoms with Gasteiger partial charge in [-0.15, -0.1) is 0 Å². The van der Waals surface area contributed by atoms with Crippen LogP contribution in [0.1, 0.15) is 55.8 Å². The summed E-state index contributed by atoms with van der Waals surface area (Å²) in [6.45, 7) is 2.80. The van der Waals surface area contributed by atoms with Crippen LogP contribution in [0.5, 0.6) is 11.5 Å². The summed E-state index contributed by atoms with van der Waals surface area (Å²) in [6.07, 6.45) is 6.96. The van der Waals surface area contributed by atoms with Crippen molar-refractivity contribution in [3.63, 3.8) is 0 Å². The van der Waals surface area contributed by atoms with Gasteiger partial charge in [-0.3, -0.25) is 0 Å². The van der Waals surface area contributed by atoms with E-state index in [4.69, 9.17) is 4.74 Å². The molecule has 2 aromatic carbocycles. The van der Waals surface area contributed by atoms with Crippen LogP contribution in [-0.2, 0) is 0 Å². The lowest BCUT2D eigenvalue weighted by Gasteiger charge is -2.14. The van der Waals surface area contributed by atoms with Crippen molar-refractivity contribution >= 4 is 17.7 Å². The number of aromatic carboxylic acids is 1. The summed E-state index contributed by atoms with van der Waals surface area (Å²) in [5, 5.41) is 14.9. The second kappa shape index (κ2) is 11.6. The number of para-hydroxylation sites is 3. The van der Waals surface area contributed by atoms with Crippen molar-refractivity contribution in [1.82, 2.24) is 5.32 Å². The highest BCUT2D eigenvalue weighted by atomic mass is 16.5. The number of hydrogen-bond acceptors (Lipinski definition) is 3. The van der Waals surface area contributed by atoms with Gasteiger partial charge < -0.3 is 20.5 Å². The Labute approximate surface area is 165 Å². The number of anilines is 1. The van der Waals surface area contributed by atoms with Crippen molar-refractivity contribution in [1.29, 1.82) is 0 Å². The van der Waals surface area contributed by atoms with Crippen LogP contribution in [0.4, 0.5) is 10.5 Å². The molecule has 0 radical (unpaired) electrons. The lowest BCUT2D eigenvalue weighted by Crippen LogP contribution is -2.29. The number of ether oxygens (including phenoxy) is 1. The van der Waals surface area contributed by atoms with E-state index in [0.29, 0.717) is 18.0 Å². The molecule has 3 N–H and O–H groups in total. The zero-order chi connectivity index (χ0) is 20.2. The van der Waals surface area contributed by atoms with Gasteiger partial charge in [-0.05, 0) is 30.7 Å². The Kier molecular flexibility index (Phi) is 8.85. The van der Waals surface area contributed by atoms with E-state index in [1.54, 1.807) is 42.5 Å². The van der Waals surface area contributed by atoms with Crippen molar-refractivity contribution in [2.45, 2.75) is 45.4 Å². The average molecular weight is 384 g/mol. The van der Waals surface area contributed by atoms with E-state index in [1.807, 2.05) is 0 Å². The molecule has 0 fully saturated rings. The Morgan fingerprint density at radius 1 is 0.893 bits per heavy atom. The maximum absolute atomic E-state index is 12.2. The highest BCUT2D eigenvalue weighted by Crippen LogP contribution is 2.31. The van der Waals surface area contributed by atoms with Crippen LogP contribution in [0, 0.1) is 0 Å². The van der Waals surface area contributed by atoms with Gasteiger partial charge in [0.05, 0.1) is 5.69 Å². The maximum atomic E-state index is 12.2. The molecule has 150 valence electrons. The summed E-state index contributed by atoms with van der Waals surface area (Å²) in [5.41, 5.74) is 0.535. The fourth-order valence-electron chi connectivity index (χ4n) is 2.78. The minimum atomic E-state index is -1.07. The van der Waals surface area contributed by atoms with Crippen LogP contribution in [0.25, 0.3) is 0 Å². The number of carbonyl (C=O) groups is 2. The quantitative estimate of drug-likeness (QED) is 0.436. The minimum absolute atomic E-state index is 0.0600. The van der Waals surface area contributed by atoms with Crippen molar-refractivity contribution in [2.75, 3.05) is 11.9 Å². The van der Waals surface area contributed by atoms with Gasteiger partial charge in [0.15, 0.2) is 5.75 Å². The lowest BCUT2D eigenvalue weighted by atomic mass is 10.1. The SMILES string of the molecule is CCCCCCCCNC(=O)Nc1ccccc1Oc1ccccc1C(=O)O. The fourth-order valence-corrected chi connectivity index (χ4v) is 2.78. The zero-order valence-corrected chi connectivity index (χ0v) is 16.2. The summed E-state index contributed by atoms with van der Waals surface area (Å²) in [4.78, 5) is 23.5. The van der Waals surface area contributed by atoms with Crippen LogP contribution in [-0.4, -0.2) is 23.7 Å². The number of carboxylic acid groups (broad SMARTS) is 1. The Morgan fingerprint density at radius 2 is 1.54 bits per heavy atom. The van der Waals surface area contributed by atoms with E-state index < -0.39 is 5.97 Å². The number of rotatable bonds is 11. The maximum Gasteiger partial charge on any atom is 0.339 e. The molecule has 0 aliphatic heterocycles. The number of benzene rings is 2. The third-order valence-electron chi connectivity index (χ3n) is 4.29. The van der Waals surface area contributed by atoms with Crippen LogP contribution >= 0.6 is 0 Å². The van der Waals surface area contributed by atoms with E-state index >= 15 is 0 Å². The van der Waals surface area contributed by atoms with Crippen molar-refractivity contribution in [3.8, 4) is 11.5 Å². The van der Waals surface area contributed by atoms with Gasteiger partial charge >= 0.3 is 12.0 Å². The van der Waals surface area contributed by atoms with Gasteiger partial charge in [0.25, 0.3) is 0 Å². The first kappa shape index (κ1) is 21.3. The molecule has 0 aromatic heterocycles. The first-order valence-electron chi connectivity index (χ1n) is 9.76. The summed E-state index contributed by atoms with van der Waals surface area (Å²) < 4.78 is 5.76. The molecule has 0 unspecified atom stereocenters. The van der Waals surface area contributed by atoms with Crippen LogP contribution in [0.15, 0.2) is 48.5 Å². The molecule has 6 heteroatoms. The van der Waals surface area contributed by atoms with Gasteiger partial charge in [0.1, 0.15) is 11.3 Å². The smallest absolute Gasteiger partial charge is 0.339 e. The number of carbonyl (C=O) groups excluding carboxylic acids is 1. The van der Waals surface area contributed by atoms with E-state index in [0.717, 1.165) is 12.8 Å². The molecule has 0 saturated heterocycles. The molecule has 0 saturated carbocycles. The van der Waals surface area contributed by atoms with Crippen LogP contribution < -0.4 is 15.4 Å². The second-order valence-corrected chi connectivity index (χ2v) is 6.55. The molecular formula is C22H28N2O4. The van der Waals surface area contributed by atoms with E-state index in [9.17, 15) is 14.7 Å². The molecule has 0 aliphatic rings. The minimum Gasteiger partial charge on any atom is -0.478 e. The molecule has 0 spiro atoms. The summed E-state index contributed by atoms with van der Waals surface area (Å²) in [5.74, 6) is -0.472. The number of carboxylic acids is 1. The Hall–Kier alpha value is -3.02. The monoisotopic (exact) mass is 384 g/mol. The molecule has 2 rings (SSSR count). The van der Waals surface area contributed by atoms with Crippen molar-refractivity contribution in [3.05, 3.63) is 54.1 Å². The average Bonchev–Trinajstić information content (AvgIpc) is 2.69. The molecule has 28 heavy (non-hydrogen) atoms. The number of urea groups is 1. The second-order valence-electron chi connectivity index (χ2n) is 6.55. The summed E-state index contributed by atoms with van der Waals surface area (Å²) in [6, 6.07) is 13.0. The van der Waals surface area contributed by atoms with E-state index in [1.165, 1.54) is 31.7 Å². The van der Waals surface area contributed by atoms with Crippen molar-refractivity contribution in [2.24, 2.45) is 0 Å². The highest BCUT2D eigenvalue weighted by Gasteiger charge is 2.13. The largest absolute Gasteiger partial charge is 0.478 e. The highest BCUT2D eigenvalue weighted by molar-refractivity contribution is 5.92. The summed E-state index contributed by atoms with van der Waals surface area (Å²) >= 11 is 0. The molecular weight excluding hydrogens is 356 g/mol. The first-order valence-corrected chi connectivity index (χ1v) is 9.76. The number of hydrogen-bond donors (Lipinski definition) is 3. The van der Waals surface area contributed by atoms with Gasteiger partial charge in [-0.2, -0.15) is 0 Å². The summed E-state index contributed by atoms with van der Waals surface area (Å²) in [7, 11) is 0. The van der Waals surface area contributed by atoms with Gasteiger partial charge in [0.2, 0.25) is 0 Å². The molecule has 0 aliphatic carbocycles. The molecule has 0 heterocycles. The Morgan fingerprint density at radius 3 is 2.29 bits per heavy atom. The van der Waals surface area contributed by atoms with Crippen LogP contribution in [0.2, 0.25) is 0 Å².